The van der Waals surface area contributed by atoms with Crippen molar-refractivity contribution in [1.29, 1.82) is 0 Å². The maximum absolute atomic E-state index is 12.6. The molecule has 0 fully saturated rings. The molecule has 1 amide bonds. The first kappa shape index (κ1) is 18.5. The SMILES string of the molecule is Cc1nn(-c2ccccc2)c2ncc(C(=O)NCc3ccc(Cl)cc3)c(Cl)c12. The number of rotatable bonds is 4. The monoisotopic (exact) mass is 410 g/mol. The first-order valence-electron chi connectivity index (χ1n) is 8.66. The van der Waals surface area contributed by atoms with E-state index in [4.69, 9.17) is 23.2 Å². The van der Waals surface area contributed by atoms with Crippen molar-refractivity contribution >= 4 is 40.1 Å². The number of para-hydroxylation sites is 1. The molecule has 5 nitrogen and oxygen atoms in total. The van der Waals surface area contributed by atoms with Gasteiger partial charge in [-0.1, -0.05) is 53.5 Å². The number of halogens is 2. The number of hydrogen-bond acceptors (Lipinski definition) is 3. The minimum Gasteiger partial charge on any atom is -0.348 e. The van der Waals surface area contributed by atoms with E-state index in [0.29, 0.717) is 38.9 Å². The minimum absolute atomic E-state index is 0.291. The van der Waals surface area contributed by atoms with Gasteiger partial charge in [0.05, 0.1) is 27.4 Å². The van der Waals surface area contributed by atoms with E-state index in [1.54, 1.807) is 16.8 Å². The topological polar surface area (TPSA) is 59.8 Å². The van der Waals surface area contributed by atoms with Gasteiger partial charge >= 0.3 is 0 Å². The first-order valence-corrected chi connectivity index (χ1v) is 9.42. The highest BCUT2D eigenvalue weighted by molar-refractivity contribution is 6.38. The number of benzene rings is 2. The molecule has 1 N–H and O–H groups in total. The largest absolute Gasteiger partial charge is 0.348 e. The highest BCUT2D eigenvalue weighted by Crippen LogP contribution is 2.30. The third kappa shape index (κ3) is 3.46. The Morgan fingerprint density at radius 1 is 1.07 bits per heavy atom. The van der Waals surface area contributed by atoms with E-state index in [1.165, 1.54) is 6.20 Å². The van der Waals surface area contributed by atoms with Crippen LogP contribution in [0, 0.1) is 6.92 Å². The Morgan fingerprint density at radius 3 is 2.50 bits per heavy atom. The van der Waals surface area contributed by atoms with Gasteiger partial charge in [-0.2, -0.15) is 5.10 Å². The molecule has 0 radical (unpaired) electrons. The first-order chi connectivity index (χ1) is 13.5. The van der Waals surface area contributed by atoms with E-state index in [-0.39, 0.29) is 5.91 Å². The number of nitrogens with zero attached hydrogens (tertiary/aromatic N) is 3. The molecule has 0 aliphatic carbocycles. The molecule has 0 atom stereocenters. The highest BCUT2D eigenvalue weighted by atomic mass is 35.5. The Labute approximate surface area is 171 Å². The normalized spacial score (nSPS) is 11.0. The lowest BCUT2D eigenvalue weighted by atomic mass is 10.1. The van der Waals surface area contributed by atoms with Crippen LogP contribution in [0.15, 0.2) is 60.8 Å². The summed E-state index contributed by atoms with van der Waals surface area (Å²) in [5, 5.41) is 9.08. The average molecular weight is 411 g/mol. The second-order valence-corrected chi connectivity index (χ2v) is 7.14. The third-order valence-electron chi connectivity index (χ3n) is 4.42. The average Bonchev–Trinajstić information content (AvgIpc) is 3.05. The van der Waals surface area contributed by atoms with E-state index >= 15 is 0 Å². The zero-order chi connectivity index (χ0) is 19.7. The molecule has 0 bridgehead atoms. The molecule has 7 heteroatoms. The molecule has 0 saturated carbocycles. The Bertz CT molecular complexity index is 1150. The number of carbonyl (C=O) groups excluding carboxylic acids is 1. The summed E-state index contributed by atoms with van der Waals surface area (Å²) in [5.74, 6) is -0.291. The fraction of sp³-hybridized carbons (Fsp3) is 0.0952. The Hall–Kier alpha value is -2.89. The van der Waals surface area contributed by atoms with E-state index < -0.39 is 0 Å². The smallest absolute Gasteiger partial charge is 0.254 e. The van der Waals surface area contributed by atoms with Crippen molar-refractivity contribution in [2.45, 2.75) is 13.5 Å². The summed E-state index contributed by atoms with van der Waals surface area (Å²) in [4.78, 5) is 17.1. The van der Waals surface area contributed by atoms with Gasteiger partial charge in [-0.25, -0.2) is 9.67 Å². The van der Waals surface area contributed by atoms with E-state index in [0.717, 1.165) is 11.3 Å². The van der Waals surface area contributed by atoms with Crippen molar-refractivity contribution in [2.75, 3.05) is 0 Å². The predicted octanol–water partition coefficient (Wildman–Crippen LogP) is 4.97. The van der Waals surface area contributed by atoms with Crippen molar-refractivity contribution < 1.29 is 4.79 Å². The van der Waals surface area contributed by atoms with Gasteiger partial charge < -0.3 is 5.32 Å². The van der Waals surface area contributed by atoms with Crippen LogP contribution in [-0.2, 0) is 6.54 Å². The molecule has 2 aromatic heterocycles. The summed E-state index contributed by atoms with van der Waals surface area (Å²) in [6.07, 6.45) is 1.49. The summed E-state index contributed by atoms with van der Waals surface area (Å²) < 4.78 is 1.73. The lowest BCUT2D eigenvalue weighted by molar-refractivity contribution is 0.0951. The Morgan fingerprint density at radius 2 is 1.79 bits per heavy atom. The molecular weight excluding hydrogens is 395 g/mol. The lowest BCUT2D eigenvalue weighted by Gasteiger charge is -2.08. The quantitative estimate of drug-likeness (QED) is 0.516. The van der Waals surface area contributed by atoms with Crippen molar-refractivity contribution in [3.05, 3.63) is 87.7 Å². The number of aromatic nitrogens is 3. The summed E-state index contributed by atoms with van der Waals surface area (Å²) in [6.45, 7) is 2.22. The number of aryl methyl sites for hydroxylation is 1. The Kier molecular flexibility index (Phi) is 5.03. The van der Waals surface area contributed by atoms with Crippen LogP contribution in [0.25, 0.3) is 16.7 Å². The zero-order valence-corrected chi connectivity index (χ0v) is 16.5. The van der Waals surface area contributed by atoms with Crippen LogP contribution in [0.3, 0.4) is 0 Å². The van der Waals surface area contributed by atoms with Gasteiger partial charge in [-0.05, 0) is 36.8 Å². The van der Waals surface area contributed by atoms with E-state index in [2.05, 4.69) is 15.4 Å². The zero-order valence-electron chi connectivity index (χ0n) is 15.0. The van der Waals surface area contributed by atoms with Gasteiger partial charge in [0.25, 0.3) is 5.91 Å². The molecule has 2 aromatic carbocycles. The maximum atomic E-state index is 12.6. The summed E-state index contributed by atoms with van der Waals surface area (Å²) in [7, 11) is 0. The number of fused-ring (bicyclic) bond motifs is 1. The number of amides is 1. The summed E-state index contributed by atoms with van der Waals surface area (Å²) in [6, 6.07) is 17.0. The van der Waals surface area contributed by atoms with Crippen LogP contribution in [0.2, 0.25) is 10.0 Å². The van der Waals surface area contributed by atoms with Crippen LogP contribution in [-0.4, -0.2) is 20.7 Å². The fourth-order valence-corrected chi connectivity index (χ4v) is 3.48. The van der Waals surface area contributed by atoms with Gasteiger partial charge in [0.1, 0.15) is 0 Å². The molecule has 0 aliphatic heterocycles. The summed E-state index contributed by atoms with van der Waals surface area (Å²) in [5.41, 5.74) is 3.46. The fourth-order valence-electron chi connectivity index (χ4n) is 3.00. The van der Waals surface area contributed by atoms with Crippen LogP contribution in [0.1, 0.15) is 21.6 Å². The van der Waals surface area contributed by atoms with Crippen LogP contribution in [0.5, 0.6) is 0 Å². The standard InChI is InChI=1S/C21H16Cl2N4O/c1-13-18-19(23)17(21(28)25-11-14-7-9-15(22)10-8-14)12-24-20(18)27(26-13)16-5-3-2-4-6-16/h2-10,12H,11H2,1H3,(H,25,28). The maximum Gasteiger partial charge on any atom is 0.254 e. The van der Waals surface area contributed by atoms with E-state index in [9.17, 15) is 4.79 Å². The second kappa shape index (κ2) is 7.62. The van der Waals surface area contributed by atoms with Crippen molar-refractivity contribution in [3.8, 4) is 5.69 Å². The van der Waals surface area contributed by atoms with Crippen molar-refractivity contribution in [2.24, 2.45) is 0 Å². The molecule has 4 rings (SSSR count). The van der Waals surface area contributed by atoms with Gasteiger partial charge in [0.15, 0.2) is 5.65 Å². The molecule has 0 saturated heterocycles. The van der Waals surface area contributed by atoms with Crippen LogP contribution in [0.4, 0.5) is 0 Å². The molecule has 28 heavy (non-hydrogen) atoms. The second-order valence-electron chi connectivity index (χ2n) is 6.33. The number of pyridine rings is 1. The molecule has 0 unspecified atom stereocenters. The van der Waals surface area contributed by atoms with Crippen molar-refractivity contribution in [3.63, 3.8) is 0 Å². The van der Waals surface area contributed by atoms with E-state index in [1.807, 2.05) is 49.4 Å². The third-order valence-corrected chi connectivity index (χ3v) is 5.06. The number of nitrogens with one attached hydrogen (secondary N) is 1. The molecule has 0 aliphatic rings. The molecule has 2 heterocycles. The molecule has 140 valence electrons. The van der Waals surface area contributed by atoms with Gasteiger partial charge in [0.2, 0.25) is 0 Å². The number of carbonyl (C=O) groups is 1. The molecular formula is C21H16Cl2N4O. The van der Waals surface area contributed by atoms with Gasteiger partial charge in [-0.3, -0.25) is 4.79 Å². The number of hydrogen-bond donors (Lipinski definition) is 1. The van der Waals surface area contributed by atoms with Crippen LogP contribution >= 0.6 is 23.2 Å². The highest BCUT2D eigenvalue weighted by Gasteiger charge is 2.19. The van der Waals surface area contributed by atoms with Crippen molar-refractivity contribution in [1.82, 2.24) is 20.1 Å². The summed E-state index contributed by atoms with van der Waals surface area (Å²) >= 11 is 12.5. The Balaban J connectivity index is 1.65. The lowest BCUT2D eigenvalue weighted by Crippen LogP contribution is -2.23. The molecule has 0 spiro atoms. The minimum atomic E-state index is -0.291. The predicted molar refractivity (Wildman–Crippen MR) is 111 cm³/mol. The van der Waals surface area contributed by atoms with Gasteiger partial charge in [-0.15, -0.1) is 0 Å². The van der Waals surface area contributed by atoms with Crippen LogP contribution < -0.4 is 5.32 Å². The molecule has 4 aromatic rings. The van der Waals surface area contributed by atoms with Gasteiger partial charge in [0, 0.05) is 17.8 Å².